The Morgan fingerprint density at radius 3 is 2.53 bits per heavy atom. The molecule has 2 atom stereocenters. The number of aliphatic hydroxyl groups excluding tert-OH is 1. The number of benzene rings is 1. The Bertz CT molecular complexity index is 392. The number of rotatable bonds is 4. The highest BCUT2D eigenvalue weighted by atomic mass is 16.3. The van der Waals surface area contributed by atoms with Gasteiger partial charge in [0.1, 0.15) is 5.75 Å². The van der Waals surface area contributed by atoms with Gasteiger partial charge < -0.3 is 15.1 Å². The molecule has 1 aromatic rings. The Kier molecular flexibility index (Phi) is 4.80. The van der Waals surface area contributed by atoms with Gasteiger partial charge in [-0.15, -0.1) is 0 Å². The highest BCUT2D eigenvalue weighted by Gasteiger charge is 2.29. The van der Waals surface area contributed by atoms with Crippen LogP contribution >= 0.6 is 0 Å². The number of aliphatic hydroxyl groups is 1. The Hall–Kier alpha value is -1.10. The number of piperidine rings is 1. The molecule has 0 unspecified atom stereocenters. The van der Waals surface area contributed by atoms with Crippen LogP contribution in [0.1, 0.15) is 12.0 Å². The Labute approximate surface area is 115 Å². The molecule has 106 valence electrons. The molecule has 0 spiro atoms. The van der Waals surface area contributed by atoms with Crippen molar-refractivity contribution in [1.29, 1.82) is 0 Å². The first kappa shape index (κ1) is 14.3. The van der Waals surface area contributed by atoms with Gasteiger partial charge in [0, 0.05) is 25.7 Å². The van der Waals surface area contributed by atoms with Gasteiger partial charge in [0.25, 0.3) is 0 Å². The van der Waals surface area contributed by atoms with Crippen LogP contribution in [0.4, 0.5) is 0 Å². The number of phenolic OH excluding ortho intramolecular Hbond substituents is 1. The lowest BCUT2D eigenvalue weighted by molar-refractivity contribution is 0.0461. The summed E-state index contributed by atoms with van der Waals surface area (Å²) in [6.45, 7) is 3.19. The highest BCUT2D eigenvalue weighted by Crippen LogP contribution is 2.22. The van der Waals surface area contributed by atoms with Crippen LogP contribution in [0, 0.1) is 5.92 Å². The zero-order chi connectivity index (χ0) is 13.8. The van der Waals surface area contributed by atoms with Crippen molar-refractivity contribution >= 4 is 0 Å². The van der Waals surface area contributed by atoms with Crippen molar-refractivity contribution in [1.82, 2.24) is 9.80 Å². The maximum absolute atomic E-state index is 9.44. The molecule has 19 heavy (non-hydrogen) atoms. The molecule has 1 aliphatic rings. The predicted molar refractivity (Wildman–Crippen MR) is 76.1 cm³/mol. The van der Waals surface area contributed by atoms with E-state index in [2.05, 4.69) is 23.9 Å². The molecule has 0 aliphatic carbocycles. The third-order valence-electron chi connectivity index (χ3n) is 4.05. The molecule has 2 N–H and O–H groups in total. The number of hydrogen-bond acceptors (Lipinski definition) is 4. The number of phenols is 1. The lowest BCUT2D eigenvalue weighted by Crippen LogP contribution is -2.51. The topological polar surface area (TPSA) is 46.9 Å². The number of nitrogens with zero attached hydrogens (tertiary/aromatic N) is 2. The van der Waals surface area contributed by atoms with Crippen LogP contribution in [0.15, 0.2) is 24.3 Å². The molecule has 4 heteroatoms. The standard InChI is InChI=1S/C15H24N2O2/c1-16(2)15-10-17(8-7-13(15)11-18)9-12-3-5-14(19)6-4-12/h3-6,13,15,18-19H,7-11H2,1-2H3/t13-,15-/m1/s1. The second-order valence-corrected chi connectivity index (χ2v) is 5.66. The number of hydrogen-bond donors (Lipinski definition) is 2. The first-order valence-corrected chi connectivity index (χ1v) is 6.87. The van der Waals surface area contributed by atoms with Crippen molar-refractivity contribution in [3.8, 4) is 5.75 Å². The fraction of sp³-hybridized carbons (Fsp3) is 0.600. The summed E-state index contributed by atoms with van der Waals surface area (Å²) in [5.41, 5.74) is 1.22. The summed E-state index contributed by atoms with van der Waals surface area (Å²) in [5.74, 6) is 0.694. The van der Waals surface area contributed by atoms with Crippen LogP contribution in [0.2, 0.25) is 0 Å². The normalized spacial score (nSPS) is 24.8. The summed E-state index contributed by atoms with van der Waals surface area (Å²) in [4.78, 5) is 4.63. The van der Waals surface area contributed by atoms with Gasteiger partial charge in [0.15, 0.2) is 0 Å². The molecule has 0 saturated carbocycles. The summed E-state index contributed by atoms with van der Waals surface area (Å²) in [6.07, 6.45) is 1.04. The van der Waals surface area contributed by atoms with Gasteiger partial charge in [-0.05, 0) is 50.7 Å². The van der Waals surface area contributed by atoms with E-state index in [4.69, 9.17) is 0 Å². The minimum atomic E-state index is 0.274. The maximum atomic E-state index is 9.44. The first-order chi connectivity index (χ1) is 9.10. The molecule has 0 bridgehead atoms. The quantitative estimate of drug-likeness (QED) is 0.856. The van der Waals surface area contributed by atoms with Crippen molar-refractivity contribution in [2.45, 2.75) is 19.0 Å². The maximum Gasteiger partial charge on any atom is 0.115 e. The lowest BCUT2D eigenvalue weighted by Gasteiger charge is -2.41. The second kappa shape index (κ2) is 6.37. The Morgan fingerprint density at radius 1 is 1.26 bits per heavy atom. The van der Waals surface area contributed by atoms with E-state index < -0.39 is 0 Å². The lowest BCUT2D eigenvalue weighted by atomic mass is 9.91. The smallest absolute Gasteiger partial charge is 0.115 e. The average molecular weight is 264 g/mol. The van der Waals surface area contributed by atoms with E-state index in [-0.39, 0.29) is 6.61 Å². The van der Waals surface area contributed by atoms with Gasteiger partial charge in [0.05, 0.1) is 0 Å². The van der Waals surface area contributed by atoms with Gasteiger partial charge >= 0.3 is 0 Å². The molecular formula is C15H24N2O2. The molecule has 0 aromatic heterocycles. The molecule has 0 amide bonds. The van der Waals surface area contributed by atoms with E-state index in [0.29, 0.717) is 17.7 Å². The van der Waals surface area contributed by atoms with E-state index in [0.717, 1.165) is 26.1 Å². The molecule has 2 rings (SSSR count). The summed E-state index contributed by atoms with van der Waals surface area (Å²) < 4.78 is 0. The van der Waals surface area contributed by atoms with Gasteiger partial charge in [0.2, 0.25) is 0 Å². The highest BCUT2D eigenvalue weighted by molar-refractivity contribution is 5.25. The summed E-state index contributed by atoms with van der Waals surface area (Å²) >= 11 is 0. The predicted octanol–water partition coefficient (Wildman–Crippen LogP) is 1.14. The largest absolute Gasteiger partial charge is 0.508 e. The third-order valence-corrected chi connectivity index (χ3v) is 4.05. The van der Waals surface area contributed by atoms with E-state index in [1.165, 1.54) is 5.56 Å². The third kappa shape index (κ3) is 3.69. The van der Waals surface area contributed by atoms with Gasteiger partial charge in [-0.1, -0.05) is 12.1 Å². The summed E-state index contributed by atoms with van der Waals surface area (Å²) in [5, 5.41) is 18.7. The minimum absolute atomic E-state index is 0.274. The van der Waals surface area contributed by atoms with Crippen LogP contribution in [0.3, 0.4) is 0 Å². The monoisotopic (exact) mass is 264 g/mol. The first-order valence-electron chi connectivity index (χ1n) is 6.87. The van der Waals surface area contributed by atoms with Crippen LogP contribution < -0.4 is 0 Å². The zero-order valence-electron chi connectivity index (χ0n) is 11.8. The SMILES string of the molecule is CN(C)[C@@H]1CN(Cc2ccc(O)cc2)CC[C@@H]1CO. The molecule has 1 heterocycles. The van der Waals surface area contributed by atoms with Gasteiger partial charge in [-0.3, -0.25) is 4.90 Å². The van der Waals surface area contributed by atoms with E-state index in [9.17, 15) is 10.2 Å². The van der Waals surface area contributed by atoms with Crippen molar-refractivity contribution in [2.75, 3.05) is 33.8 Å². The summed E-state index contributed by atoms with van der Waals surface area (Å²) in [7, 11) is 4.16. The average Bonchev–Trinajstić information content (AvgIpc) is 2.41. The fourth-order valence-electron chi connectivity index (χ4n) is 2.85. The van der Waals surface area contributed by atoms with E-state index in [1.807, 2.05) is 12.1 Å². The number of aromatic hydroxyl groups is 1. The number of likely N-dealkylation sites (N-methyl/N-ethyl adjacent to an activating group) is 1. The van der Waals surface area contributed by atoms with Crippen LogP contribution in [-0.4, -0.2) is 59.8 Å². The molecule has 1 aliphatic heterocycles. The zero-order valence-corrected chi connectivity index (χ0v) is 11.8. The van der Waals surface area contributed by atoms with Crippen LogP contribution in [-0.2, 0) is 6.54 Å². The number of likely N-dealkylation sites (tertiary alicyclic amines) is 1. The summed E-state index contributed by atoms with van der Waals surface area (Å²) in [6, 6.07) is 7.82. The van der Waals surface area contributed by atoms with Gasteiger partial charge in [-0.25, -0.2) is 0 Å². The molecule has 1 saturated heterocycles. The van der Waals surface area contributed by atoms with Crippen LogP contribution in [0.25, 0.3) is 0 Å². The van der Waals surface area contributed by atoms with Crippen molar-refractivity contribution in [2.24, 2.45) is 5.92 Å². The van der Waals surface area contributed by atoms with Crippen molar-refractivity contribution in [3.05, 3.63) is 29.8 Å². The molecule has 1 aromatic carbocycles. The minimum Gasteiger partial charge on any atom is -0.508 e. The van der Waals surface area contributed by atoms with E-state index >= 15 is 0 Å². The van der Waals surface area contributed by atoms with Crippen molar-refractivity contribution < 1.29 is 10.2 Å². The Morgan fingerprint density at radius 2 is 1.95 bits per heavy atom. The van der Waals surface area contributed by atoms with Crippen molar-refractivity contribution in [3.63, 3.8) is 0 Å². The second-order valence-electron chi connectivity index (χ2n) is 5.66. The fourth-order valence-corrected chi connectivity index (χ4v) is 2.85. The van der Waals surface area contributed by atoms with Crippen LogP contribution in [0.5, 0.6) is 5.75 Å². The molecule has 0 radical (unpaired) electrons. The molecule has 4 nitrogen and oxygen atoms in total. The molecule has 1 fully saturated rings. The van der Waals surface area contributed by atoms with E-state index in [1.54, 1.807) is 12.1 Å². The Balaban J connectivity index is 1.97. The van der Waals surface area contributed by atoms with Gasteiger partial charge in [-0.2, -0.15) is 0 Å². The molecular weight excluding hydrogens is 240 g/mol.